The van der Waals surface area contributed by atoms with Crippen molar-refractivity contribution in [3.05, 3.63) is 0 Å². The Morgan fingerprint density at radius 1 is 1.54 bits per heavy atom. The molecule has 0 aliphatic rings. The molecule has 0 aliphatic carbocycles. The average molecular weight is 204 g/mol. The van der Waals surface area contributed by atoms with E-state index in [1.807, 2.05) is 18.7 Å². The lowest BCUT2D eigenvalue weighted by Crippen LogP contribution is -2.38. The number of nitrogens with two attached hydrogens (primary N) is 1. The zero-order valence-corrected chi connectivity index (χ0v) is 9.49. The van der Waals surface area contributed by atoms with Gasteiger partial charge in [0.15, 0.2) is 0 Å². The van der Waals surface area contributed by atoms with Gasteiger partial charge in [0.25, 0.3) is 0 Å². The first kappa shape index (κ1) is 12.8. The summed E-state index contributed by atoms with van der Waals surface area (Å²) in [6.07, 6.45) is 2.42. The van der Waals surface area contributed by atoms with E-state index in [0.717, 1.165) is 5.75 Å². The molecule has 0 aromatic heterocycles. The molecule has 0 heterocycles. The van der Waals surface area contributed by atoms with Crippen molar-refractivity contribution in [3.8, 4) is 0 Å². The topological polar surface area (TPSA) is 55.1 Å². The maximum absolute atomic E-state index is 11.1. The zero-order valence-electron chi connectivity index (χ0n) is 8.67. The number of amides is 1. The van der Waals surface area contributed by atoms with Crippen molar-refractivity contribution in [2.45, 2.75) is 38.9 Å². The summed E-state index contributed by atoms with van der Waals surface area (Å²) in [7, 11) is 0. The van der Waals surface area contributed by atoms with Crippen molar-refractivity contribution in [1.82, 2.24) is 5.43 Å². The van der Waals surface area contributed by atoms with Crippen molar-refractivity contribution in [2.24, 2.45) is 11.8 Å². The van der Waals surface area contributed by atoms with E-state index in [0.29, 0.717) is 5.25 Å². The molecule has 1 amide bonds. The van der Waals surface area contributed by atoms with Crippen molar-refractivity contribution >= 4 is 17.7 Å². The summed E-state index contributed by atoms with van der Waals surface area (Å²) >= 11 is 1.84. The molecule has 13 heavy (non-hydrogen) atoms. The molecular formula is C9H20N2OS. The monoisotopic (exact) mass is 204 g/mol. The molecule has 4 heteroatoms. The van der Waals surface area contributed by atoms with Crippen LogP contribution in [0.5, 0.6) is 0 Å². The Bertz CT molecular complexity index is 153. The number of rotatable bonds is 6. The number of carbonyl (C=O) groups excluding carboxylic acids is 1. The van der Waals surface area contributed by atoms with Crippen LogP contribution in [0.1, 0.15) is 33.6 Å². The number of thioether (sulfide) groups is 1. The molecule has 3 nitrogen and oxygen atoms in total. The van der Waals surface area contributed by atoms with Crippen LogP contribution in [0.2, 0.25) is 0 Å². The van der Waals surface area contributed by atoms with Gasteiger partial charge in [-0.3, -0.25) is 10.2 Å². The van der Waals surface area contributed by atoms with E-state index in [1.165, 1.54) is 12.8 Å². The molecule has 0 aliphatic heterocycles. The smallest absolute Gasteiger partial charge is 0.237 e. The Morgan fingerprint density at radius 3 is 2.62 bits per heavy atom. The molecule has 3 N–H and O–H groups in total. The Labute approximate surface area is 84.8 Å². The molecule has 0 fully saturated rings. The highest BCUT2D eigenvalue weighted by Crippen LogP contribution is 2.20. The van der Waals surface area contributed by atoms with E-state index in [-0.39, 0.29) is 11.8 Å². The molecule has 0 aromatic carbocycles. The van der Waals surface area contributed by atoms with Crippen molar-refractivity contribution in [1.29, 1.82) is 0 Å². The van der Waals surface area contributed by atoms with Gasteiger partial charge in [0, 0.05) is 11.2 Å². The lowest BCUT2D eigenvalue weighted by molar-refractivity contribution is -0.124. The Kier molecular flexibility index (Phi) is 7.09. The number of carbonyl (C=O) groups is 1. The molecule has 0 radical (unpaired) electrons. The highest BCUT2D eigenvalue weighted by atomic mass is 32.2. The van der Waals surface area contributed by atoms with Crippen LogP contribution in [0.15, 0.2) is 0 Å². The maximum Gasteiger partial charge on any atom is 0.237 e. The van der Waals surface area contributed by atoms with Gasteiger partial charge in [0.05, 0.1) is 0 Å². The molecule has 0 spiro atoms. The fraction of sp³-hybridized carbons (Fsp3) is 0.889. The number of nitrogens with one attached hydrogen (secondary N) is 1. The van der Waals surface area contributed by atoms with Crippen LogP contribution in [0.3, 0.4) is 0 Å². The highest BCUT2D eigenvalue weighted by Gasteiger charge is 2.18. The minimum absolute atomic E-state index is 0.00754. The number of hydrogen-bond donors (Lipinski definition) is 2. The summed E-state index contributed by atoms with van der Waals surface area (Å²) in [6.45, 7) is 6.15. The molecule has 2 atom stereocenters. The van der Waals surface area contributed by atoms with Crippen LogP contribution >= 0.6 is 11.8 Å². The predicted octanol–water partition coefficient (Wildman–Crippen LogP) is 1.53. The van der Waals surface area contributed by atoms with E-state index in [1.54, 1.807) is 0 Å². The molecule has 2 unspecified atom stereocenters. The normalized spacial score (nSPS) is 15.1. The third-order valence-corrected chi connectivity index (χ3v) is 3.60. The van der Waals surface area contributed by atoms with Crippen molar-refractivity contribution < 1.29 is 4.79 Å². The van der Waals surface area contributed by atoms with Gasteiger partial charge in [-0.1, -0.05) is 27.2 Å². The standard InChI is InChI=1S/C9H20N2OS/c1-4-5-6-13-8(3)7(2)9(12)11-10/h7-8H,4-6,10H2,1-3H3,(H,11,12). The van der Waals surface area contributed by atoms with E-state index in [2.05, 4.69) is 19.3 Å². The van der Waals surface area contributed by atoms with Gasteiger partial charge < -0.3 is 0 Å². The summed E-state index contributed by atoms with van der Waals surface area (Å²) in [5.74, 6) is 6.10. The fourth-order valence-corrected chi connectivity index (χ4v) is 2.14. The van der Waals surface area contributed by atoms with E-state index < -0.39 is 0 Å². The highest BCUT2D eigenvalue weighted by molar-refractivity contribution is 7.99. The lowest BCUT2D eigenvalue weighted by atomic mass is 10.1. The summed E-state index contributed by atoms with van der Waals surface area (Å²) in [5.41, 5.74) is 2.18. The quantitative estimate of drug-likeness (QED) is 0.298. The SMILES string of the molecule is CCCCSC(C)C(C)C(=O)NN. The van der Waals surface area contributed by atoms with Crippen LogP contribution in [-0.2, 0) is 4.79 Å². The first-order chi connectivity index (χ1) is 6.13. The molecule has 0 aromatic rings. The second-order valence-corrected chi connectivity index (χ2v) is 4.71. The van der Waals surface area contributed by atoms with Crippen molar-refractivity contribution in [3.63, 3.8) is 0 Å². The van der Waals surface area contributed by atoms with Gasteiger partial charge in [-0.25, -0.2) is 5.84 Å². The van der Waals surface area contributed by atoms with E-state index >= 15 is 0 Å². The molecular weight excluding hydrogens is 184 g/mol. The Hall–Kier alpha value is -0.220. The summed E-state index contributed by atoms with van der Waals surface area (Å²) < 4.78 is 0. The Morgan fingerprint density at radius 2 is 2.15 bits per heavy atom. The second-order valence-electron chi connectivity index (χ2n) is 3.23. The van der Waals surface area contributed by atoms with Gasteiger partial charge in [0.1, 0.15) is 0 Å². The predicted molar refractivity (Wildman–Crippen MR) is 58.3 cm³/mol. The third-order valence-electron chi connectivity index (χ3n) is 2.14. The van der Waals surface area contributed by atoms with Gasteiger partial charge >= 0.3 is 0 Å². The van der Waals surface area contributed by atoms with Gasteiger partial charge in [-0.2, -0.15) is 11.8 Å². The lowest BCUT2D eigenvalue weighted by Gasteiger charge is -2.17. The minimum atomic E-state index is -0.0727. The minimum Gasteiger partial charge on any atom is -0.294 e. The van der Waals surface area contributed by atoms with Crippen LogP contribution in [0.25, 0.3) is 0 Å². The zero-order chi connectivity index (χ0) is 10.3. The molecule has 0 rings (SSSR count). The van der Waals surface area contributed by atoms with E-state index in [9.17, 15) is 4.79 Å². The largest absolute Gasteiger partial charge is 0.294 e. The molecule has 0 saturated carbocycles. The second kappa shape index (κ2) is 7.21. The molecule has 78 valence electrons. The average Bonchev–Trinajstić information content (AvgIpc) is 2.15. The van der Waals surface area contributed by atoms with Crippen LogP contribution in [0.4, 0.5) is 0 Å². The molecule has 0 bridgehead atoms. The number of hydrogen-bond acceptors (Lipinski definition) is 3. The first-order valence-electron chi connectivity index (χ1n) is 4.75. The number of hydrazine groups is 1. The van der Waals surface area contributed by atoms with Gasteiger partial charge in [-0.15, -0.1) is 0 Å². The van der Waals surface area contributed by atoms with Gasteiger partial charge in [0.2, 0.25) is 5.91 Å². The van der Waals surface area contributed by atoms with Crippen molar-refractivity contribution in [2.75, 3.05) is 5.75 Å². The summed E-state index contributed by atoms with van der Waals surface area (Å²) in [6, 6.07) is 0. The van der Waals surface area contributed by atoms with Crippen LogP contribution in [-0.4, -0.2) is 16.9 Å². The summed E-state index contributed by atoms with van der Waals surface area (Å²) in [4.78, 5) is 11.1. The van der Waals surface area contributed by atoms with Gasteiger partial charge in [-0.05, 0) is 12.2 Å². The van der Waals surface area contributed by atoms with E-state index in [4.69, 9.17) is 5.84 Å². The van der Waals surface area contributed by atoms with Crippen LogP contribution in [0, 0.1) is 5.92 Å². The molecule has 0 saturated heterocycles. The van der Waals surface area contributed by atoms with Crippen LogP contribution < -0.4 is 11.3 Å². The third kappa shape index (κ3) is 5.16. The number of unbranched alkanes of at least 4 members (excludes halogenated alkanes) is 1. The summed E-state index contributed by atoms with van der Waals surface area (Å²) in [5, 5.41) is 0.343. The first-order valence-corrected chi connectivity index (χ1v) is 5.80. The fourth-order valence-electron chi connectivity index (χ4n) is 0.903. The Balaban J connectivity index is 3.68. The maximum atomic E-state index is 11.1.